The van der Waals surface area contributed by atoms with E-state index in [9.17, 15) is 14.4 Å². The molecule has 1 aliphatic rings. The predicted molar refractivity (Wildman–Crippen MR) is 85.8 cm³/mol. The Morgan fingerprint density at radius 3 is 2.57 bits per heavy atom. The number of hydrogen-bond acceptors (Lipinski definition) is 6. The molecule has 7 heteroatoms. The van der Waals surface area contributed by atoms with Crippen LogP contribution in [0.4, 0.5) is 0 Å². The average Bonchev–Trinajstić information content (AvgIpc) is 2.56. The van der Waals surface area contributed by atoms with E-state index in [0.29, 0.717) is 24.3 Å². The number of thioether (sulfide) groups is 1. The Morgan fingerprint density at radius 2 is 2.00 bits per heavy atom. The molecule has 0 radical (unpaired) electrons. The lowest BCUT2D eigenvalue weighted by atomic mass is 10.1. The minimum absolute atomic E-state index is 0.00516. The predicted octanol–water partition coefficient (Wildman–Crippen LogP) is 1.83. The van der Waals surface area contributed by atoms with Crippen LogP contribution in [0.5, 0.6) is 0 Å². The minimum Gasteiger partial charge on any atom is -0.468 e. The van der Waals surface area contributed by atoms with E-state index in [1.165, 1.54) is 12.0 Å². The van der Waals surface area contributed by atoms with E-state index < -0.39 is 5.97 Å². The van der Waals surface area contributed by atoms with Crippen LogP contribution in [0.3, 0.4) is 0 Å². The van der Waals surface area contributed by atoms with Gasteiger partial charge in [-0.15, -0.1) is 11.8 Å². The summed E-state index contributed by atoms with van der Waals surface area (Å²) in [5.41, 5.74) is 1.56. The number of esters is 2. The molecule has 0 N–H and O–H groups in total. The van der Waals surface area contributed by atoms with Crippen molar-refractivity contribution in [1.82, 2.24) is 4.90 Å². The van der Waals surface area contributed by atoms with Crippen LogP contribution in [-0.2, 0) is 24.8 Å². The Balaban J connectivity index is 1.85. The standard InChI is InChI=1S/C16H19NO5S/c1-3-22-16(20)12-6-4-11(5-7-12)10-23-14-8-13(18)17(14)9-15(19)21-2/h4-7,14H,3,8-10H2,1-2H3. The molecule has 1 fully saturated rings. The normalized spacial score (nSPS) is 16.7. The van der Waals surface area contributed by atoms with E-state index in [-0.39, 0.29) is 23.8 Å². The maximum Gasteiger partial charge on any atom is 0.338 e. The van der Waals surface area contributed by atoms with Crippen molar-refractivity contribution in [2.24, 2.45) is 0 Å². The van der Waals surface area contributed by atoms with Crippen molar-refractivity contribution in [3.8, 4) is 0 Å². The van der Waals surface area contributed by atoms with Crippen LogP contribution in [-0.4, -0.2) is 48.4 Å². The van der Waals surface area contributed by atoms with Gasteiger partial charge in [-0.25, -0.2) is 4.79 Å². The van der Waals surface area contributed by atoms with Crippen LogP contribution in [0.1, 0.15) is 29.3 Å². The van der Waals surface area contributed by atoms with Gasteiger partial charge in [0, 0.05) is 5.75 Å². The molecule has 1 aromatic rings. The molecule has 1 unspecified atom stereocenters. The van der Waals surface area contributed by atoms with E-state index >= 15 is 0 Å². The van der Waals surface area contributed by atoms with Gasteiger partial charge in [0.1, 0.15) is 6.54 Å². The van der Waals surface area contributed by atoms with Gasteiger partial charge in [0.25, 0.3) is 0 Å². The van der Waals surface area contributed by atoms with E-state index in [1.807, 2.05) is 12.1 Å². The number of benzene rings is 1. The lowest BCUT2D eigenvalue weighted by molar-refractivity contribution is -0.153. The third-order valence-corrected chi connectivity index (χ3v) is 4.76. The zero-order valence-corrected chi connectivity index (χ0v) is 13.9. The number of nitrogens with zero attached hydrogens (tertiary/aromatic N) is 1. The molecule has 23 heavy (non-hydrogen) atoms. The molecule has 1 aliphatic heterocycles. The monoisotopic (exact) mass is 337 g/mol. The highest BCUT2D eigenvalue weighted by Crippen LogP contribution is 2.31. The Morgan fingerprint density at radius 1 is 1.30 bits per heavy atom. The lowest BCUT2D eigenvalue weighted by Gasteiger charge is -2.39. The van der Waals surface area contributed by atoms with Gasteiger partial charge in [-0.1, -0.05) is 12.1 Å². The first-order valence-electron chi connectivity index (χ1n) is 7.29. The van der Waals surface area contributed by atoms with Gasteiger partial charge in [-0.05, 0) is 24.6 Å². The van der Waals surface area contributed by atoms with E-state index in [0.717, 1.165) is 5.56 Å². The summed E-state index contributed by atoms with van der Waals surface area (Å²) in [5.74, 6) is -0.0906. The number of methoxy groups -OCH3 is 1. The van der Waals surface area contributed by atoms with Crippen molar-refractivity contribution >= 4 is 29.6 Å². The number of β-lactam (4-membered cyclic amide) rings is 1. The minimum atomic E-state index is -0.414. The second-order valence-corrected chi connectivity index (χ2v) is 6.15. The molecule has 1 atom stereocenters. The summed E-state index contributed by atoms with van der Waals surface area (Å²) in [7, 11) is 1.31. The number of carbonyl (C=O) groups excluding carboxylic acids is 3. The average molecular weight is 337 g/mol. The van der Waals surface area contributed by atoms with Gasteiger partial charge in [0.15, 0.2) is 0 Å². The zero-order valence-electron chi connectivity index (χ0n) is 13.1. The first-order valence-corrected chi connectivity index (χ1v) is 8.34. The summed E-state index contributed by atoms with van der Waals surface area (Å²) in [6.45, 7) is 2.11. The van der Waals surface area contributed by atoms with Gasteiger partial charge >= 0.3 is 11.9 Å². The highest BCUT2D eigenvalue weighted by Gasteiger charge is 2.37. The summed E-state index contributed by atoms with van der Waals surface area (Å²) in [5, 5.41) is -0.00802. The summed E-state index contributed by atoms with van der Waals surface area (Å²) in [4.78, 5) is 35.9. The summed E-state index contributed by atoms with van der Waals surface area (Å²) in [6, 6.07) is 7.19. The molecule has 1 heterocycles. The summed E-state index contributed by atoms with van der Waals surface area (Å²) >= 11 is 1.59. The Hall–Kier alpha value is -2.02. The Bertz CT molecular complexity index is 587. The van der Waals surface area contributed by atoms with Crippen molar-refractivity contribution in [3.05, 3.63) is 35.4 Å². The van der Waals surface area contributed by atoms with Gasteiger partial charge in [-0.2, -0.15) is 0 Å². The molecule has 6 nitrogen and oxygen atoms in total. The highest BCUT2D eigenvalue weighted by molar-refractivity contribution is 7.99. The maximum absolute atomic E-state index is 11.6. The molecule has 1 aromatic carbocycles. The smallest absolute Gasteiger partial charge is 0.338 e. The zero-order chi connectivity index (χ0) is 16.8. The first-order chi connectivity index (χ1) is 11.0. The largest absolute Gasteiger partial charge is 0.468 e. The molecular formula is C16H19NO5S. The van der Waals surface area contributed by atoms with E-state index in [1.54, 1.807) is 30.8 Å². The highest BCUT2D eigenvalue weighted by atomic mass is 32.2. The summed E-state index contributed by atoms with van der Waals surface area (Å²) < 4.78 is 9.52. The van der Waals surface area contributed by atoms with Crippen molar-refractivity contribution in [1.29, 1.82) is 0 Å². The maximum atomic E-state index is 11.6. The SMILES string of the molecule is CCOC(=O)c1ccc(CSC2CC(=O)N2CC(=O)OC)cc1. The van der Waals surface area contributed by atoms with Crippen LogP contribution in [0.15, 0.2) is 24.3 Å². The number of hydrogen-bond donors (Lipinski definition) is 0. The van der Waals surface area contributed by atoms with Crippen LogP contribution < -0.4 is 0 Å². The molecule has 0 aromatic heterocycles. The molecule has 1 saturated heterocycles. The third kappa shape index (κ3) is 4.48. The van der Waals surface area contributed by atoms with E-state index in [2.05, 4.69) is 4.74 Å². The number of likely N-dealkylation sites (tertiary alicyclic amines) is 1. The van der Waals surface area contributed by atoms with Crippen LogP contribution >= 0.6 is 11.8 Å². The second kappa shape index (κ2) is 8.01. The first kappa shape index (κ1) is 17.3. The lowest BCUT2D eigenvalue weighted by Crippen LogP contribution is -2.52. The van der Waals surface area contributed by atoms with Crippen molar-refractivity contribution < 1.29 is 23.9 Å². The molecule has 0 spiro atoms. The van der Waals surface area contributed by atoms with Gasteiger partial charge < -0.3 is 14.4 Å². The molecule has 0 aliphatic carbocycles. The Labute approximate surface area is 139 Å². The van der Waals surface area contributed by atoms with Crippen molar-refractivity contribution in [2.45, 2.75) is 24.5 Å². The van der Waals surface area contributed by atoms with E-state index in [4.69, 9.17) is 4.74 Å². The topological polar surface area (TPSA) is 72.9 Å². The van der Waals surface area contributed by atoms with Crippen LogP contribution in [0, 0.1) is 0 Å². The fourth-order valence-corrected chi connectivity index (χ4v) is 3.32. The Kier molecular flexibility index (Phi) is 6.04. The molecule has 0 saturated carbocycles. The fourth-order valence-electron chi connectivity index (χ4n) is 2.11. The third-order valence-electron chi connectivity index (χ3n) is 3.45. The number of amides is 1. The number of carbonyl (C=O) groups is 3. The van der Waals surface area contributed by atoms with Crippen LogP contribution in [0.2, 0.25) is 0 Å². The van der Waals surface area contributed by atoms with Gasteiger partial charge in [0.05, 0.1) is 31.1 Å². The molecule has 2 rings (SSSR count). The molecular weight excluding hydrogens is 318 g/mol. The van der Waals surface area contributed by atoms with Gasteiger partial charge in [-0.3, -0.25) is 9.59 Å². The van der Waals surface area contributed by atoms with Gasteiger partial charge in [0.2, 0.25) is 5.91 Å². The fraction of sp³-hybridized carbons (Fsp3) is 0.438. The van der Waals surface area contributed by atoms with Crippen LogP contribution in [0.25, 0.3) is 0 Å². The molecule has 1 amide bonds. The quantitative estimate of drug-likeness (QED) is 0.558. The number of ether oxygens (including phenoxy) is 2. The van der Waals surface area contributed by atoms with Crippen molar-refractivity contribution in [2.75, 3.05) is 20.3 Å². The second-order valence-electron chi connectivity index (χ2n) is 4.98. The summed E-state index contributed by atoms with van der Waals surface area (Å²) in [6.07, 6.45) is 0.433. The van der Waals surface area contributed by atoms with Crippen molar-refractivity contribution in [3.63, 3.8) is 0 Å². The number of rotatable bonds is 7. The molecule has 0 bridgehead atoms. The molecule has 124 valence electrons.